The van der Waals surface area contributed by atoms with Crippen LogP contribution in [-0.4, -0.2) is 24.4 Å². The van der Waals surface area contributed by atoms with Gasteiger partial charge >= 0.3 is 0 Å². The maximum atomic E-state index is 10.1. The van der Waals surface area contributed by atoms with Gasteiger partial charge in [-0.25, -0.2) is 0 Å². The summed E-state index contributed by atoms with van der Waals surface area (Å²) in [5.41, 5.74) is 0. The van der Waals surface area contributed by atoms with Crippen LogP contribution in [0.15, 0.2) is 0 Å². The van der Waals surface area contributed by atoms with Gasteiger partial charge in [0.2, 0.25) is 6.41 Å². The van der Waals surface area contributed by atoms with Crippen molar-refractivity contribution >= 4 is 6.41 Å². The molecular formula is C8H19NO. The SMILES string of the molecule is CC.CCCN(C=O)CC. The van der Waals surface area contributed by atoms with Crippen molar-refractivity contribution in [3.8, 4) is 0 Å². The average molecular weight is 145 g/mol. The second-order valence-corrected chi connectivity index (χ2v) is 1.73. The first-order chi connectivity index (χ1) is 4.85. The lowest BCUT2D eigenvalue weighted by Crippen LogP contribution is -2.21. The molecule has 0 heterocycles. The highest BCUT2D eigenvalue weighted by Gasteiger charge is 1.91. The van der Waals surface area contributed by atoms with Crippen molar-refractivity contribution < 1.29 is 4.79 Å². The Bertz CT molecular complexity index is 64.3. The van der Waals surface area contributed by atoms with Crippen molar-refractivity contribution in [2.45, 2.75) is 34.1 Å². The molecule has 0 aromatic carbocycles. The van der Waals surface area contributed by atoms with Crippen molar-refractivity contribution in [1.29, 1.82) is 0 Å². The van der Waals surface area contributed by atoms with E-state index in [1.54, 1.807) is 4.90 Å². The fourth-order valence-corrected chi connectivity index (χ4v) is 0.573. The summed E-state index contributed by atoms with van der Waals surface area (Å²) in [5.74, 6) is 0. The monoisotopic (exact) mass is 145 g/mol. The molecule has 0 saturated heterocycles. The van der Waals surface area contributed by atoms with E-state index in [1.807, 2.05) is 20.8 Å². The molecule has 0 rings (SSSR count). The Morgan fingerprint density at radius 2 is 1.80 bits per heavy atom. The minimum atomic E-state index is 0.831. The lowest BCUT2D eigenvalue weighted by molar-refractivity contribution is -0.118. The smallest absolute Gasteiger partial charge is 0.209 e. The second-order valence-electron chi connectivity index (χ2n) is 1.73. The second kappa shape index (κ2) is 11.3. The number of hydrogen-bond donors (Lipinski definition) is 0. The third-order valence-corrected chi connectivity index (χ3v) is 1.07. The van der Waals surface area contributed by atoms with Crippen LogP contribution in [0.25, 0.3) is 0 Å². The summed E-state index contributed by atoms with van der Waals surface area (Å²) >= 11 is 0. The lowest BCUT2D eigenvalue weighted by atomic mass is 10.4. The van der Waals surface area contributed by atoms with E-state index in [0.29, 0.717) is 0 Å². The molecular weight excluding hydrogens is 126 g/mol. The van der Waals surface area contributed by atoms with Gasteiger partial charge in [-0.05, 0) is 13.3 Å². The number of nitrogens with zero attached hydrogens (tertiary/aromatic N) is 1. The molecule has 0 aromatic rings. The van der Waals surface area contributed by atoms with Crippen LogP contribution in [0.2, 0.25) is 0 Å². The van der Waals surface area contributed by atoms with Gasteiger partial charge < -0.3 is 4.90 Å². The van der Waals surface area contributed by atoms with Crippen LogP contribution < -0.4 is 0 Å². The fourth-order valence-electron chi connectivity index (χ4n) is 0.573. The molecule has 0 aliphatic heterocycles. The number of carbonyl (C=O) groups excluding carboxylic acids is 1. The number of hydrogen-bond acceptors (Lipinski definition) is 1. The number of rotatable bonds is 4. The summed E-state index contributed by atoms with van der Waals surface area (Å²) in [4.78, 5) is 11.8. The van der Waals surface area contributed by atoms with Crippen LogP contribution in [0.4, 0.5) is 0 Å². The Kier molecular flexibility index (Phi) is 13.7. The van der Waals surface area contributed by atoms with Gasteiger partial charge in [-0.3, -0.25) is 4.79 Å². The molecule has 1 amide bonds. The first-order valence-corrected chi connectivity index (χ1v) is 4.04. The van der Waals surface area contributed by atoms with Crippen LogP contribution >= 0.6 is 0 Å². The molecule has 2 nitrogen and oxygen atoms in total. The molecule has 0 radical (unpaired) electrons. The zero-order valence-electron chi connectivity index (χ0n) is 7.55. The Labute approximate surface area is 64.2 Å². The van der Waals surface area contributed by atoms with Crippen molar-refractivity contribution in [3.05, 3.63) is 0 Å². The van der Waals surface area contributed by atoms with Gasteiger partial charge in [-0.15, -0.1) is 0 Å². The molecule has 0 aliphatic carbocycles. The molecule has 2 heteroatoms. The zero-order chi connectivity index (χ0) is 8.41. The van der Waals surface area contributed by atoms with Gasteiger partial charge in [0.25, 0.3) is 0 Å². The number of amides is 1. The molecule has 0 saturated carbocycles. The molecule has 0 bridgehead atoms. The molecule has 0 unspecified atom stereocenters. The highest BCUT2D eigenvalue weighted by atomic mass is 16.1. The van der Waals surface area contributed by atoms with Crippen molar-refractivity contribution in [1.82, 2.24) is 4.90 Å². The van der Waals surface area contributed by atoms with E-state index in [2.05, 4.69) is 6.92 Å². The Hall–Kier alpha value is -0.530. The fraction of sp³-hybridized carbons (Fsp3) is 0.875. The van der Waals surface area contributed by atoms with Crippen LogP contribution in [0, 0.1) is 0 Å². The maximum Gasteiger partial charge on any atom is 0.209 e. The van der Waals surface area contributed by atoms with Crippen LogP contribution in [0.5, 0.6) is 0 Å². The van der Waals surface area contributed by atoms with Gasteiger partial charge in [0, 0.05) is 13.1 Å². The first-order valence-electron chi connectivity index (χ1n) is 4.04. The minimum absolute atomic E-state index is 0.831. The third-order valence-electron chi connectivity index (χ3n) is 1.07. The summed E-state index contributed by atoms with van der Waals surface area (Å²) in [5, 5.41) is 0. The Morgan fingerprint density at radius 1 is 1.30 bits per heavy atom. The normalized spacial score (nSPS) is 7.60. The highest BCUT2D eigenvalue weighted by molar-refractivity contribution is 5.46. The summed E-state index contributed by atoms with van der Waals surface area (Å²) < 4.78 is 0. The lowest BCUT2D eigenvalue weighted by Gasteiger charge is -2.11. The van der Waals surface area contributed by atoms with Crippen LogP contribution in [-0.2, 0) is 4.79 Å². The van der Waals surface area contributed by atoms with E-state index >= 15 is 0 Å². The molecule has 0 fully saturated rings. The van der Waals surface area contributed by atoms with Gasteiger partial charge in [-0.1, -0.05) is 20.8 Å². The summed E-state index contributed by atoms with van der Waals surface area (Å²) in [6, 6.07) is 0. The van der Waals surface area contributed by atoms with Crippen molar-refractivity contribution in [2.75, 3.05) is 13.1 Å². The van der Waals surface area contributed by atoms with Gasteiger partial charge in [0.15, 0.2) is 0 Å². The molecule has 0 spiro atoms. The predicted octanol–water partition coefficient (Wildman–Crippen LogP) is 1.90. The van der Waals surface area contributed by atoms with Crippen LogP contribution in [0.3, 0.4) is 0 Å². The number of carbonyl (C=O) groups is 1. The molecule has 10 heavy (non-hydrogen) atoms. The summed E-state index contributed by atoms with van der Waals surface area (Å²) in [6.07, 6.45) is 1.94. The Balaban J connectivity index is 0. The molecule has 0 atom stereocenters. The van der Waals surface area contributed by atoms with E-state index in [4.69, 9.17) is 0 Å². The predicted molar refractivity (Wildman–Crippen MR) is 45.0 cm³/mol. The Morgan fingerprint density at radius 3 is 1.90 bits per heavy atom. The van der Waals surface area contributed by atoms with Crippen LogP contribution in [0.1, 0.15) is 34.1 Å². The van der Waals surface area contributed by atoms with E-state index < -0.39 is 0 Å². The van der Waals surface area contributed by atoms with E-state index in [0.717, 1.165) is 25.9 Å². The average Bonchev–Trinajstić information content (AvgIpc) is 2.04. The summed E-state index contributed by atoms with van der Waals surface area (Å²) in [7, 11) is 0. The van der Waals surface area contributed by atoms with Gasteiger partial charge in [0.05, 0.1) is 0 Å². The molecule has 0 aliphatic rings. The minimum Gasteiger partial charge on any atom is -0.346 e. The molecule has 0 N–H and O–H groups in total. The topological polar surface area (TPSA) is 20.3 Å². The van der Waals surface area contributed by atoms with Gasteiger partial charge in [0.1, 0.15) is 0 Å². The zero-order valence-corrected chi connectivity index (χ0v) is 7.55. The van der Waals surface area contributed by atoms with Crippen molar-refractivity contribution in [2.24, 2.45) is 0 Å². The maximum absolute atomic E-state index is 10.1. The third kappa shape index (κ3) is 7.47. The van der Waals surface area contributed by atoms with E-state index in [1.165, 1.54) is 0 Å². The molecule has 0 aromatic heterocycles. The van der Waals surface area contributed by atoms with E-state index in [-0.39, 0.29) is 0 Å². The summed E-state index contributed by atoms with van der Waals surface area (Å²) in [6.45, 7) is 9.76. The standard InChI is InChI=1S/C6H13NO.C2H6/c1-3-5-7(4-2)6-8;1-2/h6H,3-5H2,1-2H3;1-2H3. The largest absolute Gasteiger partial charge is 0.346 e. The van der Waals surface area contributed by atoms with Crippen molar-refractivity contribution in [3.63, 3.8) is 0 Å². The quantitative estimate of drug-likeness (QED) is 0.553. The molecule has 62 valence electrons. The van der Waals surface area contributed by atoms with E-state index in [9.17, 15) is 4.79 Å². The first kappa shape index (κ1) is 12.2. The highest BCUT2D eigenvalue weighted by Crippen LogP contribution is 1.83. The van der Waals surface area contributed by atoms with Gasteiger partial charge in [-0.2, -0.15) is 0 Å².